The number of hydrogen-bond donors (Lipinski definition) is 0. The maximum Gasteiger partial charge on any atom is 0.303 e. The Bertz CT molecular complexity index is 789. The molecule has 0 amide bonds. The quantitative estimate of drug-likeness (QED) is 0.627. The summed E-state index contributed by atoms with van der Waals surface area (Å²) in [4.78, 5) is 49.2. The second-order valence-corrected chi connectivity index (χ2v) is 10.8. The van der Waals surface area contributed by atoms with Gasteiger partial charge in [-0.25, -0.2) is 0 Å². The molecule has 4 rings (SSSR count). The average molecular weight is 433 g/mol. The van der Waals surface area contributed by atoms with Crippen LogP contribution in [0.25, 0.3) is 0 Å². The fraction of sp³-hybridized carbons (Fsp3) is 0.840. The second-order valence-electron chi connectivity index (χ2n) is 10.8. The summed E-state index contributed by atoms with van der Waals surface area (Å²) in [5, 5.41) is 0. The van der Waals surface area contributed by atoms with E-state index in [-0.39, 0.29) is 41.5 Å². The van der Waals surface area contributed by atoms with E-state index in [1.165, 1.54) is 13.8 Å². The van der Waals surface area contributed by atoms with Gasteiger partial charge in [0.05, 0.1) is 6.61 Å². The summed E-state index contributed by atoms with van der Waals surface area (Å²) < 4.78 is 10.9. The highest BCUT2D eigenvalue weighted by atomic mass is 16.5. The lowest BCUT2D eigenvalue weighted by Crippen LogP contribution is -2.59. The molecule has 0 heterocycles. The van der Waals surface area contributed by atoms with Gasteiger partial charge in [-0.15, -0.1) is 0 Å². The van der Waals surface area contributed by atoms with Gasteiger partial charge in [0.15, 0.2) is 11.9 Å². The van der Waals surface area contributed by atoms with Gasteiger partial charge in [-0.3, -0.25) is 19.2 Å². The maximum absolute atomic E-state index is 13.1. The third kappa shape index (κ3) is 3.54. The van der Waals surface area contributed by atoms with Gasteiger partial charge in [0.1, 0.15) is 5.78 Å². The summed E-state index contributed by atoms with van der Waals surface area (Å²) in [7, 11) is 0. The fourth-order valence-corrected chi connectivity index (χ4v) is 8.26. The molecule has 0 N–H and O–H groups in total. The van der Waals surface area contributed by atoms with Crippen LogP contribution >= 0.6 is 0 Å². The molecule has 0 aliphatic heterocycles. The van der Waals surface area contributed by atoms with Gasteiger partial charge in [-0.2, -0.15) is 0 Å². The zero-order valence-corrected chi connectivity index (χ0v) is 19.3. The Morgan fingerprint density at radius 1 is 1.03 bits per heavy atom. The van der Waals surface area contributed by atoms with Crippen molar-refractivity contribution in [3.05, 3.63) is 0 Å². The summed E-state index contributed by atoms with van der Waals surface area (Å²) in [6, 6.07) is 0. The van der Waals surface area contributed by atoms with Crippen LogP contribution in [0.1, 0.15) is 79.1 Å². The van der Waals surface area contributed by atoms with Crippen molar-refractivity contribution in [1.29, 1.82) is 0 Å². The van der Waals surface area contributed by atoms with Gasteiger partial charge in [0, 0.05) is 38.0 Å². The first-order valence-electron chi connectivity index (χ1n) is 12.0. The zero-order chi connectivity index (χ0) is 22.6. The van der Waals surface area contributed by atoms with Crippen LogP contribution in [0.15, 0.2) is 0 Å². The third-order valence-electron chi connectivity index (χ3n) is 9.50. The van der Waals surface area contributed by atoms with Crippen LogP contribution in [0, 0.1) is 40.4 Å². The van der Waals surface area contributed by atoms with Gasteiger partial charge < -0.3 is 9.47 Å². The van der Waals surface area contributed by atoms with Crippen LogP contribution in [-0.2, 0) is 28.7 Å². The van der Waals surface area contributed by atoms with Crippen LogP contribution in [0.3, 0.4) is 0 Å². The molecule has 0 saturated heterocycles. The SMILES string of the molecule is CC[C@H]1C(=O)C[C@@H]2[C@@H]3CC[C@@H]4C[C@@H](OC(C)=O)C(=O)C[C@]4(COC(C)=O)[C@@H]3CC[C@@]21C. The molecule has 0 spiro atoms. The molecule has 172 valence electrons. The van der Waals surface area contributed by atoms with Crippen molar-refractivity contribution in [1.82, 2.24) is 0 Å². The Morgan fingerprint density at radius 2 is 1.77 bits per heavy atom. The number of ketones is 2. The molecule has 4 aliphatic rings. The number of rotatable bonds is 4. The monoisotopic (exact) mass is 432 g/mol. The summed E-state index contributed by atoms with van der Waals surface area (Å²) in [6.07, 6.45) is 5.56. The number of ether oxygens (including phenoxy) is 2. The first-order valence-corrected chi connectivity index (χ1v) is 12.0. The van der Waals surface area contributed by atoms with Gasteiger partial charge in [-0.05, 0) is 67.6 Å². The molecule has 0 aromatic heterocycles. The molecule has 0 aromatic rings. The van der Waals surface area contributed by atoms with E-state index in [1.807, 2.05) is 0 Å². The molecule has 0 bridgehead atoms. The van der Waals surface area contributed by atoms with E-state index in [4.69, 9.17) is 9.47 Å². The van der Waals surface area contributed by atoms with E-state index in [9.17, 15) is 19.2 Å². The summed E-state index contributed by atoms with van der Waals surface area (Å²) >= 11 is 0. The Kier molecular flexibility index (Phi) is 5.80. The third-order valence-corrected chi connectivity index (χ3v) is 9.50. The normalized spacial score (nSPS) is 44.1. The highest BCUT2D eigenvalue weighted by Gasteiger charge is 2.64. The van der Waals surface area contributed by atoms with E-state index in [1.54, 1.807) is 0 Å². The average Bonchev–Trinajstić information content (AvgIpc) is 2.96. The predicted molar refractivity (Wildman–Crippen MR) is 113 cm³/mol. The molecule has 0 unspecified atom stereocenters. The van der Waals surface area contributed by atoms with Crippen LogP contribution in [0.5, 0.6) is 0 Å². The van der Waals surface area contributed by atoms with Crippen molar-refractivity contribution >= 4 is 23.5 Å². The summed E-state index contributed by atoms with van der Waals surface area (Å²) in [6.45, 7) is 7.43. The predicted octanol–water partition coefficient (Wildman–Crippen LogP) is 3.89. The zero-order valence-electron chi connectivity index (χ0n) is 19.3. The Labute approximate surface area is 184 Å². The van der Waals surface area contributed by atoms with Crippen molar-refractivity contribution in [2.75, 3.05) is 6.61 Å². The number of hydrogen-bond acceptors (Lipinski definition) is 6. The minimum Gasteiger partial charge on any atom is -0.465 e. The number of fused-ring (bicyclic) bond motifs is 5. The number of carbonyl (C=O) groups excluding carboxylic acids is 4. The second kappa shape index (κ2) is 8.00. The molecule has 0 radical (unpaired) electrons. The van der Waals surface area contributed by atoms with Gasteiger partial charge in [-0.1, -0.05) is 13.8 Å². The largest absolute Gasteiger partial charge is 0.465 e. The lowest BCUT2D eigenvalue weighted by molar-refractivity contribution is -0.185. The standard InChI is InChI=1S/C25H36O6/c1-5-18-21(28)11-20-17-7-6-16-10-23(31-15(3)27)22(29)12-25(16,13-30-14(2)26)19(17)8-9-24(18,20)4/h16-20,23H,5-13H2,1-4H3/t16-,17-,18+,19-,20-,23-,24-,25-/m1/s1. The van der Waals surface area contributed by atoms with Crippen LogP contribution in [0.4, 0.5) is 0 Å². The van der Waals surface area contributed by atoms with Crippen LogP contribution < -0.4 is 0 Å². The minimum absolute atomic E-state index is 0.0431. The minimum atomic E-state index is -0.684. The van der Waals surface area contributed by atoms with E-state index in [2.05, 4.69) is 13.8 Å². The molecule has 0 aromatic carbocycles. The molecule has 6 nitrogen and oxygen atoms in total. The number of esters is 2. The lowest BCUT2D eigenvalue weighted by atomic mass is 9.44. The summed E-state index contributed by atoms with van der Waals surface area (Å²) in [5.41, 5.74) is -0.363. The smallest absolute Gasteiger partial charge is 0.303 e. The Morgan fingerprint density at radius 3 is 2.42 bits per heavy atom. The summed E-state index contributed by atoms with van der Waals surface area (Å²) in [5.74, 6) is 0.901. The van der Waals surface area contributed by atoms with Crippen molar-refractivity contribution < 1.29 is 28.7 Å². The Hall–Kier alpha value is -1.72. The van der Waals surface area contributed by atoms with Crippen molar-refractivity contribution in [3.8, 4) is 0 Å². The highest BCUT2D eigenvalue weighted by Crippen LogP contribution is 2.67. The maximum atomic E-state index is 13.1. The van der Waals surface area contributed by atoms with Crippen molar-refractivity contribution in [2.45, 2.75) is 85.2 Å². The molecule has 6 heteroatoms. The van der Waals surface area contributed by atoms with E-state index in [0.717, 1.165) is 32.1 Å². The van der Waals surface area contributed by atoms with Crippen molar-refractivity contribution in [3.63, 3.8) is 0 Å². The molecule has 8 atom stereocenters. The van der Waals surface area contributed by atoms with Crippen molar-refractivity contribution in [2.24, 2.45) is 40.4 Å². The number of Topliss-reactive ketones (excluding diaryl/α,β-unsaturated/α-hetero) is 2. The van der Waals surface area contributed by atoms with Gasteiger partial charge in [0.25, 0.3) is 0 Å². The van der Waals surface area contributed by atoms with E-state index < -0.39 is 17.5 Å². The first-order chi connectivity index (χ1) is 14.6. The van der Waals surface area contributed by atoms with Crippen LogP contribution in [-0.4, -0.2) is 36.2 Å². The fourth-order valence-electron chi connectivity index (χ4n) is 8.26. The van der Waals surface area contributed by atoms with E-state index >= 15 is 0 Å². The molecule has 4 aliphatic carbocycles. The van der Waals surface area contributed by atoms with Crippen LogP contribution in [0.2, 0.25) is 0 Å². The van der Waals surface area contributed by atoms with Gasteiger partial charge in [0.2, 0.25) is 0 Å². The topological polar surface area (TPSA) is 86.7 Å². The molecular weight excluding hydrogens is 396 g/mol. The van der Waals surface area contributed by atoms with E-state index in [0.29, 0.717) is 36.9 Å². The molecule has 4 saturated carbocycles. The number of carbonyl (C=O) groups is 4. The lowest BCUT2D eigenvalue weighted by Gasteiger charge is -2.61. The Balaban J connectivity index is 1.66. The first kappa shape index (κ1) is 22.5. The molecule has 4 fully saturated rings. The van der Waals surface area contributed by atoms with Gasteiger partial charge >= 0.3 is 11.9 Å². The highest BCUT2D eigenvalue weighted by molar-refractivity contribution is 5.87. The molecular formula is C25H36O6. The molecule has 31 heavy (non-hydrogen) atoms.